The van der Waals surface area contributed by atoms with Gasteiger partial charge in [0.2, 0.25) is 0 Å². The summed E-state index contributed by atoms with van der Waals surface area (Å²) < 4.78 is 5.78. The average Bonchev–Trinajstić information content (AvgIpc) is 2.69. The van der Waals surface area contributed by atoms with E-state index in [1.807, 2.05) is 31.2 Å². The molecule has 7 heteroatoms. The highest BCUT2D eigenvalue weighted by atomic mass is 16.5. The smallest absolute Gasteiger partial charge is 0.267 e. The summed E-state index contributed by atoms with van der Waals surface area (Å²) >= 11 is 0. The number of hydrogen-bond donors (Lipinski definition) is 3. The summed E-state index contributed by atoms with van der Waals surface area (Å²) in [6.45, 7) is 1.47. The van der Waals surface area contributed by atoms with E-state index in [0.717, 1.165) is 5.56 Å². The maximum Gasteiger partial charge on any atom is 0.267 e. The van der Waals surface area contributed by atoms with Gasteiger partial charge in [-0.2, -0.15) is 0 Å². The van der Waals surface area contributed by atoms with Crippen LogP contribution in [0.5, 0.6) is 11.5 Å². The molecule has 27 heavy (non-hydrogen) atoms. The fraction of sp³-hybridized carbons (Fsp3) is 0.150. The Morgan fingerprint density at radius 1 is 1.07 bits per heavy atom. The normalized spacial score (nSPS) is 11.8. The van der Waals surface area contributed by atoms with Gasteiger partial charge in [0.05, 0.1) is 12.3 Å². The van der Waals surface area contributed by atoms with Gasteiger partial charge in [0.15, 0.2) is 5.82 Å². The van der Waals surface area contributed by atoms with Crippen molar-refractivity contribution in [2.75, 3.05) is 6.61 Å². The van der Waals surface area contributed by atoms with Crippen molar-refractivity contribution in [2.24, 2.45) is 5.73 Å². The molecule has 0 saturated carbocycles. The van der Waals surface area contributed by atoms with Crippen LogP contribution in [0, 0.1) is 6.92 Å². The lowest BCUT2D eigenvalue weighted by molar-refractivity contribution is 0.0916. The maximum atomic E-state index is 11.5. The van der Waals surface area contributed by atoms with Crippen LogP contribution in [0.15, 0.2) is 54.6 Å². The molecule has 0 unspecified atom stereocenters. The van der Waals surface area contributed by atoms with Gasteiger partial charge in [-0.1, -0.05) is 17.7 Å². The zero-order valence-electron chi connectivity index (χ0n) is 14.7. The summed E-state index contributed by atoms with van der Waals surface area (Å²) in [5, 5.41) is 19.0. The number of ether oxygens (including phenoxy) is 1. The van der Waals surface area contributed by atoms with E-state index in [4.69, 9.17) is 15.6 Å². The number of aromatic nitrogens is 2. The largest absolute Gasteiger partial charge is 0.457 e. The number of carbonyl (C=O) groups excluding carboxylic acids is 1. The lowest BCUT2D eigenvalue weighted by Gasteiger charge is -2.11. The molecule has 138 valence electrons. The first kappa shape index (κ1) is 18.5. The second-order valence-electron chi connectivity index (χ2n) is 6.00. The molecular weight excluding hydrogens is 346 g/mol. The lowest BCUT2D eigenvalue weighted by atomic mass is 10.1. The molecule has 3 aromatic rings. The minimum absolute atomic E-state index is 0.0394. The summed E-state index contributed by atoms with van der Waals surface area (Å²) in [7, 11) is 0. The molecule has 0 spiro atoms. The van der Waals surface area contributed by atoms with Gasteiger partial charge in [-0.15, -0.1) is 0 Å². The van der Waals surface area contributed by atoms with E-state index >= 15 is 0 Å². The molecule has 7 nitrogen and oxygen atoms in total. The van der Waals surface area contributed by atoms with Crippen LogP contribution in [0.2, 0.25) is 0 Å². The number of amides is 1. The number of carbonyl (C=O) groups is 1. The van der Waals surface area contributed by atoms with Gasteiger partial charge in [0.25, 0.3) is 5.91 Å². The van der Waals surface area contributed by atoms with E-state index in [-0.39, 0.29) is 17.2 Å². The van der Waals surface area contributed by atoms with E-state index in [1.165, 1.54) is 6.07 Å². The van der Waals surface area contributed by atoms with Crippen LogP contribution in [-0.4, -0.2) is 32.7 Å². The van der Waals surface area contributed by atoms with Gasteiger partial charge < -0.3 is 20.7 Å². The molecule has 1 amide bonds. The Kier molecular flexibility index (Phi) is 5.44. The van der Waals surface area contributed by atoms with Gasteiger partial charge in [-0.05, 0) is 49.4 Å². The minimum Gasteiger partial charge on any atom is -0.457 e. The van der Waals surface area contributed by atoms with Gasteiger partial charge in [0, 0.05) is 5.56 Å². The van der Waals surface area contributed by atoms with E-state index < -0.39 is 18.6 Å². The molecule has 0 saturated heterocycles. The highest BCUT2D eigenvalue weighted by Crippen LogP contribution is 2.25. The topological polar surface area (TPSA) is 119 Å². The number of aliphatic hydroxyl groups excluding tert-OH is 2. The molecular formula is C20H19N3O4. The number of primary amides is 1. The van der Waals surface area contributed by atoms with E-state index in [0.29, 0.717) is 17.1 Å². The molecule has 2 aromatic carbocycles. The van der Waals surface area contributed by atoms with Crippen molar-refractivity contribution in [3.63, 3.8) is 0 Å². The van der Waals surface area contributed by atoms with Crippen molar-refractivity contribution in [1.29, 1.82) is 0 Å². The first-order chi connectivity index (χ1) is 13.0. The second kappa shape index (κ2) is 7.94. The Bertz CT molecular complexity index is 940. The Morgan fingerprint density at radius 2 is 1.67 bits per heavy atom. The number of nitrogens with two attached hydrogens (primary N) is 1. The highest BCUT2D eigenvalue weighted by Gasteiger charge is 2.15. The van der Waals surface area contributed by atoms with Crippen molar-refractivity contribution in [2.45, 2.75) is 13.0 Å². The summed E-state index contributed by atoms with van der Waals surface area (Å²) in [4.78, 5) is 19.8. The maximum absolute atomic E-state index is 11.5. The van der Waals surface area contributed by atoms with E-state index in [9.17, 15) is 9.90 Å². The summed E-state index contributed by atoms with van der Waals surface area (Å²) in [5.41, 5.74) is 7.14. The minimum atomic E-state index is -1.23. The Hall–Kier alpha value is -3.29. The fourth-order valence-corrected chi connectivity index (χ4v) is 2.40. The van der Waals surface area contributed by atoms with Crippen LogP contribution >= 0.6 is 0 Å². The summed E-state index contributed by atoms with van der Waals surface area (Å²) in [6, 6.07) is 15.9. The third kappa shape index (κ3) is 4.46. The van der Waals surface area contributed by atoms with Crippen LogP contribution in [0.25, 0.3) is 11.4 Å². The number of aryl methyl sites for hydroxylation is 1. The zero-order valence-corrected chi connectivity index (χ0v) is 14.7. The van der Waals surface area contributed by atoms with Crippen molar-refractivity contribution < 1.29 is 19.7 Å². The molecule has 0 aliphatic rings. The average molecular weight is 365 g/mol. The molecule has 0 aliphatic carbocycles. The molecule has 1 heterocycles. The highest BCUT2D eigenvalue weighted by molar-refractivity contribution is 5.91. The van der Waals surface area contributed by atoms with Crippen LogP contribution in [0.3, 0.4) is 0 Å². The van der Waals surface area contributed by atoms with Gasteiger partial charge in [-0.3, -0.25) is 4.79 Å². The molecule has 0 radical (unpaired) electrons. The van der Waals surface area contributed by atoms with E-state index in [1.54, 1.807) is 24.3 Å². The van der Waals surface area contributed by atoms with Crippen LogP contribution < -0.4 is 10.5 Å². The molecule has 0 aliphatic heterocycles. The molecule has 0 bridgehead atoms. The van der Waals surface area contributed by atoms with Crippen molar-refractivity contribution >= 4 is 5.91 Å². The van der Waals surface area contributed by atoms with Gasteiger partial charge in [0.1, 0.15) is 23.3 Å². The first-order valence-electron chi connectivity index (χ1n) is 8.29. The zero-order chi connectivity index (χ0) is 19.4. The molecule has 4 N–H and O–H groups in total. The molecule has 1 atom stereocenters. The number of nitrogens with zero attached hydrogens (tertiary/aromatic N) is 2. The van der Waals surface area contributed by atoms with Crippen molar-refractivity contribution in [1.82, 2.24) is 9.97 Å². The Balaban J connectivity index is 1.88. The standard InChI is InChI=1S/C20H19N3O4/c1-12-2-6-14(7-3-12)27-15-8-4-13(5-9-15)20-22-16(18(25)11-24)10-17(23-20)19(21)26/h2-10,18,24-25H,11H2,1H3,(H2,21,26)/t18-/m1/s1. The van der Waals surface area contributed by atoms with Crippen LogP contribution in [-0.2, 0) is 0 Å². The summed E-state index contributed by atoms with van der Waals surface area (Å²) in [5.74, 6) is 0.818. The Labute approximate surface area is 156 Å². The number of benzene rings is 2. The third-order valence-corrected chi connectivity index (χ3v) is 3.88. The van der Waals surface area contributed by atoms with Crippen molar-refractivity contribution in [3.05, 3.63) is 71.5 Å². The number of hydrogen-bond acceptors (Lipinski definition) is 6. The number of rotatable bonds is 6. The van der Waals surface area contributed by atoms with E-state index in [2.05, 4.69) is 9.97 Å². The number of aliphatic hydroxyl groups is 2. The molecule has 1 aromatic heterocycles. The SMILES string of the molecule is Cc1ccc(Oc2ccc(-c3nc(C(N)=O)cc([C@H](O)CO)n3)cc2)cc1. The van der Waals surface area contributed by atoms with Crippen LogP contribution in [0.4, 0.5) is 0 Å². The van der Waals surface area contributed by atoms with Gasteiger partial charge in [-0.25, -0.2) is 9.97 Å². The van der Waals surface area contributed by atoms with Crippen molar-refractivity contribution in [3.8, 4) is 22.9 Å². The van der Waals surface area contributed by atoms with Gasteiger partial charge >= 0.3 is 0 Å². The van der Waals surface area contributed by atoms with Crippen LogP contribution in [0.1, 0.15) is 27.8 Å². The monoisotopic (exact) mass is 365 g/mol. The Morgan fingerprint density at radius 3 is 2.22 bits per heavy atom. The molecule has 0 fully saturated rings. The third-order valence-electron chi connectivity index (χ3n) is 3.88. The second-order valence-corrected chi connectivity index (χ2v) is 6.00. The lowest BCUT2D eigenvalue weighted by Crippen LogP contribution is -2.16. The molecule has 3 rings (SSSR count). The summed E-state index contributed by atoms with van der Waals surface area (Å²) in [6.07, 6.45) is -1.23. The predicted octanol–water partition coefficient (Wildman–Crippen LogP) is 2.37. The quantitative estimate of drug-likeness (QED) is 0.617. The predicted molar refractivity (Wildman–Crippen MR) is 99.3 cm³/mol. The first-order valence-corrected chi connectivity index (χ1v) is 8.29. The fourth-order valence-electron chi connectivity index (χ4n) is 2.40.